The standard InChI is InChI=1S/C22H17FN2O2/c23-19-9-3-1-7-15(19)17(13-22(26)21-11-5-6-12-25(21)27)18-14-24-20-10-4-2-8-16(18)20/h1-12,14,17,24H,13H2/t17-/m1/s1. The molecule has 0 aliphatic carbocycles. The molecule has 2 aromatic carbocycles. The van der Waals surface area contributed by atoms with Crippen molar-refractivity contribution < 1.29 is 13.9 Å². The Bertz CT molecular complexity index is 1120. The topological polar surface area (TPSA) is 59.8 Å². The van der Waals surface area contributed by atoms with Gasteiger partial charge in [0.2, 0.25) is 5.78 Å². The lowest BCUT2D eigenvalue weighted by atomic mass is 9.86. The lowest BCUT2D eigenvalue weighted by Gasteiger charge is -2.17. The molecule has 0 aliphatic rings. The minimum absolute atomic E-state index is 0.00493. The van der Waals surface area contributed by atoms with E-state index in [1.165, 1.54) is 18.3 Å². The van der Waals surface area contributed by atoms with Crippen molar-refractivity contribution in [2.24, 2.45) is 0 Å². The van der Waals surface area contributed by atoms with Crippen molar-refractivity contribution in [3.63, 3.8) is 0 Å². The minimum Gasteiger partial charge on any atom is -0.618 e. The molecule has 0 bridgehead atoms. The first-order chi connectivity index (χ1) is 13.1. The molecule has 0 saturated carbocycles. The number of rotatable bonds is 5. The molecule has 4 rings (SSSR count). The second kappa shape index (κ2) is 7.03. The summed E-state index contributed by atoms with van der Waals surface area (Å²) in [5.41, 5.74) is 2.24. The van der Waals surface area contributed by atoms with Crippen LogP contribution in [0.2, 0.25) is 0 Å². The highest BCUT2D eigenvalue weighted by Gasteiger charge is 2.27. The fourth-order valence-electron chi connectivity index (χ4n) is 3.46. The highest BCUT2D eigenvalue weighted by molar-refractivity contribution is 5.94. The molecule has 27 heavy (non-hydrogen) atoms. The molecule has 0 aliphatic heterocycles. The van der Waals surface area contributed by atoms with Crippen LogP contribution in [0.3, 0.4) is 0 Å². The number of H-pyrrole nitrogens is 1. The Labute approximate surface area is 155 Å². The molecule has 1 N–H and O–H groups in total. The van der Waals surface area contributed by atoms with Gasteiger partial charge in [0, 0.05) is 41.6 Å². The predicted octanol–water partition coefficient (Wildman–Crippen LogP) is 4.35. The zero-order chi connectivity index (χ0) is 18.8. The number of carbonyl (C=O) groups excluding carboxylic acids is 1. The number of aromatic amines is 1. The molecule has 134 valence electrons. The lowest BCUT2D eigenvalue weighted by molar-refractivity contribution is -0.607. The molecule has 0 unspecified atom stereocenters. The van der Waals surface area contributed by atoms with Crippen molar-refractivity contribution in [2.45, 2.75) is 12.3 Å². The second-order valence-corrected chi connectivity index (χ2v) is 6.40. The maximum Gasteiger partial charge on any atom is 0.259 e. The van der Waals surface area contributed by atoms with Gasteiger partial charge in [-0.05, 0) is 29.3 Å². The Hall–Kier alpha value is -3.47. The average molecular weight is 360 g/mol. The molecule has 2 aromatic heterocycles. The average Bonchev–Trinajstić information content (AvgIpc) is 3.11. The number of Topliss-reactive ketones (excluding diaryl/α,β-unsaturated/α-hetero) is 1. The number of nitrogens with zero attached hydrogens (tertiary/aromatic N) is 1. The normalized spacial score (nSPS) is 12.2. The van der Waals surface area contributed by atoms with Gasteiger partial charge in [0.1, 0.15) is 5.82 Å². The Morgan fingerprint density at radius 1 is 1.00 bits per heavy atom. The fraction of sp³-hybridized carbons (Fsp3) is 0.0909. The maximum atomic E-state index is 14.6. The molecule has 0 amide bonds. The summed E-state index contributed by atoms with van der Waals surface area (Å²) < 4.78 is 15.1. The SMILES string of the molecule is O=C(C[C@H](c1ccccc1F)c1c[nH]c2ccccc12)c1cccc[n+]1[O-]. The molecule has 4 aromatic rings. The Morgan fingerprint density at radius 3 is 2.56 bits per heavy atom. The van der Waals surface area contributed by atoms with E-state index in [2.05, 4.69) is 4.98 Å². The van der Waals surface area contributed by atoms with Crippen LogP contribution in [0.15, 0.2) is 79.1 Å². The van der Waals surface area contributed by atoms with E-state index < -0.39 is 5.92 Å². The van der Waals surface area contributed by atoms with Gasteiger partial charge in [-0.15, -0.1) is 0 Å². The van der Waals surface area contributed by atoms with Crippen molar-refractivity contribution in [2.75, 3.05) is 0 Å². The first-order valence-electron chi connectivity index (χ1n) is 8.67. The number of ketones is 1. The van der Waals surface area contributed by atoms with Gasteiger partial charge in [-0.2, -0.15) is 4.73 Å². The van der Waals surface area contributed by atoms with Gasteiger partial charge in [0.15, 0.2) is 6.20 Å². The number of para-hydroxylation sites is 1. The smallest absolute Gasteiger partial charge is 0.259 e. The number of halogens is 1. The molecule has 1 atom stereocenters. The first-order valence-corrected chi connectivity index (χ1v) is 8.67. The van der Waals surface area contributed by atoms with E-state index in [4.69, 9.17) is 0 Å². The summed E-state index contributed by atoms with van der Waals surface area (Å²) in [7, 11) is 0. The van der Waals surface area contributed by atoms with Crippen LogP contribution in [0.25, 0.3) is 10.9 Å². The Kier molecular flexibility index (Phi) is 4.42. The highest BCUT2D eigenvalue weighted by atomic mass is 19.1. The van der Waals surface area contributed by atoms with Crippen LogP contribution < -0.4 is 4.73 Å². The number of aromatic nitrogens is 2. The van der Waals surface area contributed by atoms with Crippen LogP contribution in [0.1, 0.15) is 34.0 Å². The molecule has 0 radical (unpaired) electrons. The molecule has 5 heteroatoms. The summed E-state index contributed by atoms with van der Waals surface area (Å²) in [6.07, 6.45) is 3.09. The highest BCUT2D eigenvalue weighted by Crippen LogP contribution is 2.35. The number of carbonyl (C=O) groups is 1. The fourth-order valence-corrected chi connectivity index (χ4v) is 3.46. The van der Waals surface area contributed by atoms with E-state index in [1.54, 1.807) is 30.3 Å². The van der Waals surface area contributed by atoms with E-state index in [9.17, 15) is 14.4 Å². The predicted molar refractivity (Wildman–Crippen MR) is 101 cm³/mol. The summed E-state index contributed by atoms with van der Waals surface area (Å²) in [6.45, 7) is 0. The van der Waals surface area contributed by atoms with Gasteiger partial charge in [-0.3, -0.25) is 4.79 Å². The van der Waals surface area contributed by atoms with Crippen LogP contribution in [0.5, 0.6) is 0 Å². The monoisotopic (exact) mass is 360 g/mol. The summed E-state index contributed by atoms with van der Waals surface area (Å²) in [4.78, 5) is 16.0. The van der Waals surface area contributed by atoms with Crippen molar-refractivity contribution in [3.8, 4) is 0 Å². The van der Waals surface area contributed by atoms with Gasteiger partial charge in [-0.1, -0.05) is 36.4 Å². The van der Waals surface area contributed by atoms with E-state index in [0.717, 1.165) is 16.5 Å². The van der Waals surface area contributed by atoms with Gasteiger partial charge in [0.25, 0.3) is 5.69 Å². The minimum atomic E-state index is -0.505. The molecule has 0 spiro atoms. The molecule has 4 nitrogen and oxygen atoms in total. The lowest BCUT2D eigenvalue weighted by Crippen LogP contribution is -2.34. The summed E-state index contributed by atoms with van der Waals surface area (Å²) >= 11 is 0. The van der Waals surface area contributed by atoms with Crippen LogP contribution in [0.4, 0.5) is 4.39 Å². The van der Waals surface area contributed by atoms with Crippen molar-refractivity contribution in [1.29, 1.82) is 0 Å². The number of hydrogen-bond acceptors (Lipinski definition) is 2. The number of benzene rings is 2. The summed E-state index contributed by atoms with van der Waals surface area (Å²) in [5, 5.41) is 12.9. The zero-order valence-corrected chi connectivity index (χ0v) is 14.4. The van der Waals surface area contributed by atoms with Gasteiger partial charge >= 0.3 is 0 Å². The van der Waals surface area contributed by atoms with Gasteiger partial charge in [0.05, 0.1) is 0 Å². The molecular formula is C22H17FN2O2. The maximum absolute atomic E-state index is 14.6. The zero-order valence-electron chi connectivity index (χ0n) is 14.4. The van der Waals surface area contributed by atoms with Gasteiger partial charge in [-0.25, -0.2) is 4.39 Å². The van der Waals surface area contributed by atoms with E-state index >= 15 is 0 Å². The number of fused-ring (bicyclic) bond motifs is 1. The third-order valence-electron chi connectivity index (χ3n) is 4.78. The van der Waals surface area contributed by atoms with Crippen LogP contribution in [-0.2, 0) is 0 Å². The number of nitrogens with one attached hydrogen (secondary N) is 1. The molecule has 0 fully saturated rings. The third kappa shape index (κ3) is 3.19. The van der Waals surface area contributed by atoms with E-state index in [1.807, 2.05) is 30.5 Å². The van der Waals surface area contributed by atoms with Crippen LogP contribution >= 0.6 is 0 Å². The largest absolute Gasteiger partial charge is 0.618 e. The van der Waals surface area contributed by atoms with Crippen molar-refractivity contribution in [3.05, 3.63) is 107 Å². The Balaban J connectivity index is 1.81. The van der Waals surface area contributed by atoms with Crippen LogP contribution in [-0.4, -0.2) is 10.8 Å². The molecule has 2 heterocycles. The van der Waals surface area contributed by atoms with Crippen molar-refractivity contribution >= 4 is 16.7 Å². The quantitative estimate of drug-likeness (QED) is 0.327. The first kappa shape index (κ1) is 17.0. The summed E-state index contributed by atoms with van der Waals surface area (Å²) in [6, 6.07) is 18.8. The van der Waals surface area contributed by atoms with E-state index in [0.29, 0.717) is 10.3 Å². The second-order valence-electron chi connectivity index (χ2n) is 6.40. The summed E-state index contributed by atoms with van der Waals surface area (Å²) in [5.74, 6) is -1.21. The Morgan fingerprint density at radius 2 is 1.74 bits per heavy atom. The van der Waals surface area contributed by atoms with Gasteiger partial charge < -0.3 is 10.2 Å². The van der Waals surface area contributed by atoms with Crippen molar-refractivity contribution in [1.82, 2.24) is 4.98 Å². The number of pyridine rings is 1. The number of hydrogen-bond donors (Lipinski definition) is 1. The third-order valence-corrected chi connectivity index (χ3v) is 4.78. The van der Waals surface area contributed by atoms with E-state index in [-0.39, 0.29) is 23.7 Å². The van der Waals surface area contributed by atoms with Crippen LogP contribution in [0, 0.1) is 11.0 Å². The molecular weight excluding hydrogens is 343 g/mol. The molecule has 0 saturated heterocycles.